The number of nitrogens with one attached hydrogen (secondary N) is 1. The molecule has 0 aliphatic rings. The Kier molecular flexibility index (Phi) is 1.51. The molecule has 1 aromatic heterocycles. The van der Waals surface area contributed by atoms with Gasteiger partial charge in [0.25, 0.3) is 0 Å². The number of nitrogen functional groups attached to an aromatic ring is 1. The van der Waals surface area contributed by atoms with E-state index in [9.17, 15) is 0 Å². The zero-order valence-electron chi connectivity index (χ0n) is 6.28. The first-order valence-corrected chi connectivity index (χ1v) is 3.51. The van der Waals surface area contributed by atoms with E-state index in [1.807, 2.05) is 24.3 Å². The summed E-state index contributed by atoms with van der Waals surface area (Å²) in [6.07, 6.45) is 2.53. The fraction of sp³-hybridized carbons (Fsp3) is 0. The number of rotatable bonds is 1. The summed E-state index contributed by atoms with van der Waals surface area (Å²) >= 11 is 0. The van der Waals surface area contributed by atoms with E-state index in [2.05, 4.69) is 21.5 Å². The van der Waals surface area contributed by atoms with Gasteiger partial charge in [-0.1, -0.05) is 0 Å². The number of nitrogens with zero attached hydrogens (tertiary/aromatic N) is 2. The third-order valence-corrected chi connectivity index (χ3v) is 1.56. The Morgan fingerprint density at radius 3 is 2.58 bits per heavy atom. The number of hydrogen-bond acceptors (Lipinski definition) is 3. The Labute approximate surface area is 69.4 Å². The monoisotopic (exact) mass is 159 g/mol. The smallest absolute Gasteiger partial charge is 0.199 e. The number of aromatic nitrogens is 3. The van der Waals surface area contributed by atoms with Gasteiger partial charge in [-0.15, -0.1) is 10.2 Å². The van der Waals surface area contributed by atoms with Crippen molar-refractivity contribution >= 4 is 5.69 Å². The van der Waals surface area contributed by atoms with E-state index < -0.39 is 0 Å². The minimum Gasteiger partial charge on any atom is -0.399 e. The number of anilines is 1. The van der Waals surface area contributed by atoms with Crippen molar-refractivity contribution < 1.29 is 0 Å². The van der Waals surface area contributed by atoms with E-state index in [0.717, 1.165) is 11.3 Å². The van der Waals surface area contributed by atoms with Gasteiger partial charge in [0.2, 0.25) is 0 Å². The summed E-state index contributed by atoms with van der Waals surface area (Å²) in [5.41, 5.74) is 7.22. The summed E-state index contributed by atoms with van der Waals surface area (Å²) in [5, 5.41) is 7.37. The normalized spacial score (nSPS) is 10.0. The Morgan fingerprint density at radius 2 is 2.00 bits per heavy atom. The van der Waals surface area contributed by atoms with Crippen LogP contribution in [0.25, 0.3) is 11.4 Å². The molecule has 2 rings (SSSR count). The van der Waals surface area contributed by atoms with Crippen LogP contribution < -0.4 is 5.73 Å². The van der Waals surface area contributed by atoms with Crippen molar-refractivity contribution in [1.29, 1.82) is 0 Å². The maximum absolute atomic E-state index is 5.53. The molecule has 0 saturated heterocycles. The Bertz CT molecular complexity index is 349. The fourth-order valence-corrected chi connectivity index (χ4v) is 0.949. The summed E-state index contributed by atoms with van der Waals surface area (Å²) in [5.74, 6) is 0.704. The second kappa shape index (κ2) is 2.65. The van der Waals surface area contributed by atoms with Crippen LogP contribution in [0, 0.1) is 6.33 Å². The van der Waals surface area contributed by atoms with Gasteiger partial charge >= 0.3 is 0 Å². The SMILES string of the molecule is Nc1ccc(-c2nn[c][nH]2)cc1. The zero-order chi connectivity index (χ0) is 8.39. The molecule has 1 aromatic carbocycles. The summed E-state index contributed by atoms with van der Waals surface area (Å²) in [6, 6.07) is 7.39. The van der Waals surface area contributed by atoms with Gasteiger partial charge < -0.3 is 10.7 Å². The van der Waals surface area contributed by atoms with E-state index >= 15 is 0 Å². The van der Waals surface area contributed by atoms with Gasteiger partial charge in [0, 0.05) is 11.3 Å². The first-order valence-electron chi connectivity index (χ1n) is 3.51. The molecule has 0 amide bonds. The van der Waals surface area contributed by atoms with Gasteiger partial charge in [-0.2, -0.15) is 0 Å². The molecule has 4 nitrogen and oxygen atoms in total. The fourth-order valence-electron chi connectivity index (χ4n) is 0.949. The van der Waals surface area contributed by atoms with E-state index in [4.69, 9.17) is 5.73 Å². The number of nitrogens with two attached hydrogens (primary N) is 1. The van der Waals surface area contributed by atoms with Crippen molar-refractivity contribution in [2.24, 2.45) is 0 Å². The summed E-state index contributed by atoms with van der Waals surface area (Å²) < 4.78 is 0. The van der Waals surface area contributed by atoms with Crippen LogP contribution in [-0.4, -0.2) is 15.2 Å². The van der Waals surface area contributed by atoms with Crippen LogP contribution in [0.1, 0.15) is 0 Å². The molecule has 0 unspecified atom stereocenters. The van der Waals surface area contributed by atoms with Gasteiger partial charge in [0.05, 0.1) is 0 Å². The topological polar surface area (TPSA) is 67.6 Å². The predicted octanol–water partition coefficient (Wildman–Crippen LogP) is 0.854. The average Bonchev–Trinajstić information content (AvgIpc) is 2.58. The first-order chi connectivity index (χ1) is 5.86. The lowest BCUT2D eigenvalue weighted by atomic mass is 10.2. The third kappa shape index (κ3) is 1.14. The first kappa shape index (κ1) is 6.84. The zero-order valence-corrected chi connectivity index (χ0v) is 6.28. The molecule has 0 spiro atoms. The number of hydrogen-bond donors (Lipinski definition) is 2. The van der Waals surface area contributed by atoms with Crippen LogP contribution in [0.3, 0.4) is 0 Å². The second-order valence-corrected chi connectivity index (χ2v) is 2.41. The molecule has 3 N–H and O–H groups in total. The molecule has 12 heavy (non-hydrogen) atoms. The molecule has 59 valence electrons. The van der Waals surface area contributed by atoms with E-state index in [-0.39, 0.29) is 0 Å². The lowest BCUT2D eigenvalue weighted by Gasteiger charge is -1.95. The standard InChI is InChI=1S/C8H7N4/c9-7-3-1-6(2-4-7)8-10-5-11-12-8/h1-4H,9H2,(H,10,11,12). The van der Waals surface area contributed by atoms with Crippen LogP contribution in [0.15, 0.2) is 24.3 Å². The van der Waals surface area contributed by atoms with E-state index in [1.54, 1.807) is 0 Å². The number of benzene rings is 1. The van der Waals surface area contributed by atoms with Crippen molar-refractivity contribution in [2.75, 3.05) is 5.73 Å². The van der Waals surface area contributed by atoms with Gasteiger partial charge in [0.15, 0.2) is 12.2 Å². The van der Waals surface area contributed by atoms with Crippen LogP contribution in [0.2, 0.25) is 0 Å². The molecule has 0 aliphatic carbocycles. The van der Waals surface area contributed by atoms with E-state index in [0.29, 0.717) is 5.82 Å². The van der Waals surface area contributed by atoms with Crippen LogP contribution in [0.4, 0.5) is 5.69 Å². The quantitative estimate of drug-likeness (QED) is 0.606. The highest BCUT2D eigenvalue weighted by atomic mass is 15.2. The molecule has 2 aromatic rings. The number of H-pyrrole nitrogens is 1. The molecular weight excluding hydrogens is 152 g/mol. The summed E-state index contributed by atoms with van der Waals surface area (Å²) in [7, 11) is 0. The van der Waals surface area contributed by atoms with Crippen molar-refractivity contribution in [2.45, 2.75) is 0 Å². The maximum Gasteiger partial charge on any atom is 0.199 e. The molecular formula is C8H7N4. The highest BCUT2D eigenvalue weighted by molar-refractivity contribution is 5.57. The van der Waals surface area contributed by atoms with Crippen molar-refractivity contribution in [3.63, 3.8) is 0 Å². The van der Waals surface area contributed by atoms with Crippen molar-refractivity contribution in [3.05, 3.63) is 30.6 Å². The minimum atomic E-state index is 0.704. The summed E-state index contributed by atoms with van der Waals surface area (Å²) in [6.45, 7) is 0. The third-order valence-electron chi connectivity index (χ3n) is 1.56. The Hall–Kier alpha value is -1.84. The van der Waals surface area contributed by atoms with Crippen LogP contribution in [-0.2, 0) is 0 Å². The van der Waals surface area contributed by atoms with Crippen molar-refractivity contribution in [3.8, 4) is 11.4 Å². The molecule has 0 saturated carbocycles. The Balaban J connectivity index is 2.43. The van der Waals surface area contributed by atoms with Gasteiger partial charge in [-0.05, 0) is 24.3 Å². The van der Waals surface area contributed by atoms with Gasteiger partial charge in [-0.25, -0.2) is 0 Å². The molecule has 0 aliphatic heterocycles. The Morgan fingerprint density at radius 1 is 1.25 bits per heavy atom. The minimum absolute atomic E-state index is 0.704. The molecule has 0 bridgehead atoms. The maximum atomic E-state index is 5.53. The van der Waals surface area contributed by atoms with Crippen molar-refractivity contribution in [1.82, 2.24) is 15.2 Å². The molecule has 0 fully saturated rings. The van der Waals surface area contributed by atoms with E-state index in [1.165, 1.54) is 0 Å². The van der Waals surface area contributed by atoms with Crippen LogP contribution in [0.5, 0.6) is 0 Å². The lowest BCUT2D eigenvalue weighted by molar-refractivity contribution is 1.09. The largest absolute Gasteiger partial charge is 0.399 e. The molecule has 0 atom stereocenters. The molecule has 1 heterocycles. The lowest BCUT2D eigenvalue weighted by Crippen LogP contribution is -1.84. The molecule has 4 heteroatoms. The molecule has 1 radical (unpaired) electrons. The second-order valence-electron chi connectivity index (χ2n) is 2.41. The highest BCUT2D eigenvalue weighted by Gasteiger charge is 1.98. The van der Waals surface area contributed by atoms with Crippen LogP contribution >= 0.6 is 0 Å². The summed E-state index contributed by atoms with van der Waals surface area (Å²) in [4.78, 5) is 2.78. The highest BCUT2D eigenvalue weighted by Crippen LogP contribution is 2.14. The van der Waals surface area contributed by atoms with Gasteiger partial charge in [-0.3, -0.25) is 0 Å². The van der Waals surface area contributed by atoms with Gasteiger partial charge in [0.1, 0.15) is 0 Å². The number of aromatic amines is 1. The average molecular weight is 159 g/mol. The predicted molar refractivity (Wildman–Crippen MR) is 45.1 cm³/mol.